The fraction of sp³-hybridized carbons (Fsp3) is 0.588. The summed E-state index contributed by atoms with van der Waals surface area (Å²) in [5, 5.41) is 0.617. The van der Waals surface area contributed by atoms with Crippen LogP contribution in [0.3, 0.4) is 0 Å². The van der Waals surface area contributed by atoms with Crippen molar-refractivity contribution in [2.24, 2.45) is 11.8 Å². The highest BCUT2D eigenvalue weighted by atomic mass is 35.5. The summed E-state index contributed by atoms with van der Waals surface area (Å²) >= 11 is 5.80. The molecule has 0 heterocycles. The van der Waals surface area contributed by atoms with Gasteiger partial charge in [0.25, 0.3) is 0 Å². The average Bonchev–Trinajstić information content (AvgIpc) is 2.37. The van der Waals surface area contributed by atoms with E-state index >= 15 is 0 Å². The van der Waals surface area contributed by atoms with E-state index < -0.39 is 0 Å². The van der Waals surface area contributed by atoms with E-state index in [1.165, 1.54) is 0 Å². The van der Waals surface area contributed by atoms with E-state index in [9.17, 15) is 4.79 Å². The molecule has 0 radical (unpaired) electrons. The lowest BCUT2D eigenvalue weighted by atomic mass is 10.1. The third-order valence-electron chi connectivity index (χ3n) is 2.97. The van der Waals surface area contributed by atoms with Gasteiger partial charge in [-0.25, -0.2) is 4.79 Å². The Morgan fingerprint density at radius 3 is 2.05 bits per heavy atom. The van der Waals surface area contributed by atoms with E-state index in [2.05, 4.69) is 32.6 Å². The molecule has 0 spiro atoms. The molecular weight excluding hydrogens is 321 g/mol. The summed E-state index contributed by atoms with van der Waals surface area (Å²) in [4.78, 5) is 14.2. The molecule has 0 amide bonds. The van der Waals surface area contributed by atoms with Gasteiger partial charge in [0.2, 0.25) is 0 Å². The number of rotatable bonds is 8. The Balaban J connectivity index is 0.00000441. The van der Waals surface area contributed by atoms with Crippen molar-refractivity contribution in [1.82, 2.24) is 4.90 Å². The van der Waals surface area contributed by atoms with Crippen molar-refractivity contribution in [2.75, 3.05) is 26.2 Å². The molecular formula is C17H27Cl2NO2. The van der Waals surface area contributed by atoms with Crippen molar-refractivity contribution in [2.45, 2.75) is 27.7 Å². The molecule has 5 heteroatoms. The summed E-state index contributed by atoms with van der Waals surface area (Å²) in [7, 11) is 0. The molecule has 0 saturated heterocycles. The maximum Gasteiger partial charge on any atom is 0.338 e. The number of halogens is 2. The van der Waals surface area contributed by atoms with Crippen LogP contribution in [0.4, 0.5) is 0 Å². The van der Waals surface area contributed by atoms with Crippen LogP contribution >= 0.6 is 24.0 Å². The average molecular weight is 348 g/mol. The van der Waals surface area contributed by atoms with Crippen LogP contribution in [-0.4, -0.2) is 37.1 Å². The van der Waals surface area contributed by atoms with Crippen LogP contribution < -0.4 is 0 Å². The number of ether oxygens (including phenoxy) is 1. The van der Waals surface area contributed by atoms with Gasteiger partial charge in [-0.2, -0.15) is 0 Å². The number of carbonyl (C=O) groups excluding carboxylic acids is 1. The minimum Gasteiger partial charge on any atom is -0.461 e. The van der Waals surface area contributed by atoms with Gasteiger partial charge < -0.3 is 4.74 Å². The fourth-order valence-corrected chi connectivity index (χ4v) is 2.35. The highest BCUT2D eigenvalue weighted by Gasteiger charge is 2.11. The molecule has 0 aliphatic heterocycles. The molecule has 0 saturated carbocycles. The summed E-state index contributed by atoms with van der Waals surface area (Å²) in [5.41, 5.74) is 0.540. The third kappa shape index (κ3) is 8.62. The molecule has 0 N–H and O–H groups in total. The second-order valence-electron chi connectivity index (χ2n) is 6.19. The van der Waals surface area contributed by atoms with E-state index in [1.807, 2.05) is 0 Å². The van der Waals surface area contributed by atoms with Crippen LogP contribution in [-0.2, 0) is 4.74 Å². The quantitative estimate of drug-likeness (QED) is 0.647. The zero-order valence-corrected chi connectivity index (χ0v) is 15.4. The number of carbonyl (C=O) groups is 1. The molecule has 0 aliphatic rings. The lowest BCUT2D eigenvalue weighted by Gasteiger charge is -2.25. The zero-order valence-electron chi connectivity index (χ0n) is 13.8. The van der Waals surface area contributed by atoms with Crippen molar-refractivity contribution in [3.05, 3.63) is 34.9 Å². The van der Waals surface area contributed by atoms with E-state index in [0.717, 1.165) is 19.6 Å². The topological polar surface area (TPSA) is 29.5 Å². The van der Waals surface area contributed by atoms with Crippen LogP contribution in [0.25, 0.3) is 0 Å². The molecule has 0 unspecified atom stereocenters. The maximum absolute atomic E-state index is 11.9. The van der Waals surface area contributed by atoms with Crippen molar-refractivity contribution >= 4 is 30.0 Å². The first-order valence-corrected chi connectivity index (χ1v) is 7.91. The smallest absolute Gasteiger partial charge is 0.338 e. The summed E-state index contributed by atoms with van der Waals surface area (Å²) in [5.74, 6) is 0.923. The van der Waals surface area contributed by atoms with Crippen LogP contribution in [0.2, 0.25) is 5.02 Å². The first kappa shape index (κ1) is 21.2. The van der Waals surface area contributed by atoms with Gasteiger partial charge >= 0.3 is 5.97 Å². The standard InChI is InChI=1S/C17H26ClNO2.ClH/c1-13(2)11-19(12-14(3)4)9-10-21-17(20)15-5-7-16(18)8-6-15;/h5-8,13-14H,9-12H2,1-4H3;1H. The van der Waals surface area contributed by atoms with Crippen molar-refractivity contribution in [1.29, 1.82) is 0 Å². The zero-order chi connectivity index (χ0) is 15.8. The van der Waals surface area contributed by atoms with Gasteiger partial charge in [0.1, 0.15) is 6.61 Å². The minimum atomic E-state index is -0.291. The molecule has 126 valence electrons. The molecule has 1 rings (SSSR count). The normalized spacial score (nSPS) is 10.9. The molecule has 0 aromatic heterocycles. The van der Waals surface area contributed by atoms with Crippen LogP contribution in [0.5, 0.6) is 0 Å². The molecule has 1 aromatic carbocycles. The summed E-state index contributed by atoms with van der Waals surface area (Å²) in [6.45, 7) is 12.0. The molecule has 0 atom stereocenters. The minimum absolute atomic E-state index is 0. The Hall–Kier alpha value is -0.770. The number of nitrogens with zero attached hydrogens (tertiary/aromatic N) is 1. The van der Waals surface area contributed by atoms with Crippen molar-refractivity contribution in [3.63, 3.8) is 0 Å². The predicted molar refractivity (Wildman–Crippen MR) is 95.1 cm³/mol. The number of benzene rings is 1. The first-order chi connectivity index (χ1) is 9.88. The van der Waals surface area contributed by atoms with Crippen molar-refractivity contribution < 1.29 is 9.53 Å². The highest BCUT2D eigenvalue weighted by Crippen LogP contribution is 2.10. The lowest BCUT2D eigenvalue weighted by molar-refractivity contribution is 0.0450. The second kappa shape index (κ2) is 10.9. The maximum atomic E-state index is 11.9. The van der Waals surface area contributed by atoms with Gasteiger partial charge in [0, 0.05) is 24.7 Å². The molecule has 3 nitrogen and oxygen atoms in total. The van der Waals surface area contributed by atoms with Gasteiger partial charge in [-0.15, -0.1) is 12.4 Å². The van der Waals surface area contributed by atoms with Gasteiger partial charge in [-0.05, 0) is 36.1 Å². The Kier molecular flexibility index (Phi) is 10.5. The van der Waals surface area contributed by atoms with E-state index in [1.54, 1.807) is 24.3 Å². The summed E-state index contributed by atoms with van der Waals surface area (Å²) < 4.78 is 5.34. The Morgan fingerprint density at radius 1 is 1.09 bits per heavy atom. The van der Waals surface area contributed by atoms with E-state index in [4.69, 9.17) is 16.3 Å². The van der Waals surface area contributed by atoms with E-state index in [-0.39, 0.29) is 18.4 Å². The van der Waals surface area contributed by atoms with Crippen LogP contribution in [0, 0.1) is 11.8 Å². The Bertz CT molecular complexity index is 423. The van der Waals surface area contributed by atoms with Gasteiger partial charge in [-0.3, -0.25) is 4.90 Å². The number of esters is 1. The summed E-state index contributed by atoms with van der Waals surface area (Å²) in [6.07, 6.45) is 0. The lowest BCUT2D eigenvalue weighted by Crippen LogP contribution is -2.34. The largest absolute Gasteiger partial charge is 0.461 e. The van der Waals surface area contributed by atoms with E-state index in [0.29, 0.717) is 29.0 Å². The number of hydrogen-bond acceptors (Lipinski definition) is 3. The number of hydrogen-bond donors (Lipinski definition) is 0. The van der Waals surface area contributed by atoms with Gasteiger partial charge in [0.05, 0.1) is 5.56 Å². The van der Waals surface area contributed by atoms with Gasteiger partial charge in [0.15, 0.2) is 0 Å². The summed E-state index contributed by atoms with van der Waals surface area (Å²) in [6, 6.07) is 6.76. The first-order valence-electron chi connectivity index (χ1n) is 7.53. The van der Waals surface area contributed by atoms with Crippen LogP contribution in [0.15, 0.2) is 24.3 Å². The monoisotopic (exact) mass is 347 g/mol. The van der Waals surface area contributed by atoms with Crippen molar-refractivity contribution in [3.8, 4) is 0 Å². The molecule has 0 aliphatic carbocycles. The molecule has 0 bridgehead atoms. The Morgan fingerprint density at radius 2 is 1.59 bits per heavy atom. The highest BCUT2D eigenvalue weighted by molar-refractivity contribution is 6.30. The van der Waals surface area contributed by atoms with Crippen LogP contribution in [0.1, 0.15) is 38.1 Å². The molecule has 0 fully saturated rings. The van der Waals surface area contributed by atoms with Gasteiger partial charge in [-0.1, -0.05) is 39.3 Å². The fourth-order valence-electron chi connectivity index (χ4n) is 2.23. The predicted octanol–water partition coefficient (Wildman–Crippen LogP) is 4.53. The molecule has 22 heavy (non-hydrogen) atoms. The third-order valence-corrected chi connectivity index (χ3v) is 3.22. The molecule has 1 aromatic rings. The SMILES string of the molecule is CC(C)CN(CCOC(=O)c1ccc(Cl)cc1)CC(C)C.Cl. The second-order valence-corrected chi connectivity index (χ2v) is 6.63. The Labute approximate surface area is 145 Å².